The van der Waals surface area contributed by atoms with Crippen LogP contribution >= 0.6 is 24.0 Å². The van der Waals surface area contributed by atoms with Gasteiger partial charge in [-0.15, -0.1) is 12.4 Å². The number of carbonyl (C=O) groups is 1. The Labute approximate surface area is 177 Å². The van der Waals surface area contributed by atoms with Crippen LogP contribution in [-0.4, -0.2) is 27.1 Å². The molecule has 0 saturated heterocycles. The maximum absolute atomic E-state index is 13.8. The molecule has 6 nitrogen and oxygen atoms in total. The SMILES string of the molecule is Cl.N[C@@H](CC(=O)O)Cc1cc(-c2ccc(Oc3ncc(Cl)cc3F)cc2)ccn1. The van der Waals surface area contributed by atoms with Crippen molar-refractivity contribution >= 4 is 30.0 Å². The first-order valence-electron chi connectivity index (χ1n) is 8.42. The summed E-state index contributed by atoms with van der Waals surface area (Å²) in [7, 11) is 0. The number of aliphatic carboxylic acids is 1. The van der Waals surface area contributed by atoms with E-state index in [9.17, 15) is 9.18 Å². The third-order valence-electron chi connectivity index (χ3n) is 3.90. The van der Waals surface area contributed by atoms with Gasteiger partial charge in [-0.1, -0.05) is 23.7 Å². The van der Waals surface area contributed by atoms with Crippen LogP contribution in [0.1, 0.15) is 12.1 Å². The number of benzene rings is 1. The van der Waals surface area contributed by atoms with Crippen molar-refractivity contribution in [3.05, 3.63) is 71.4 Å². The lowest BCUT2D eigenvalue weighted by atomic mass is 10.0. The Hall–Kier alpha value is -2.74. The average Bonchev–Trinajstić information content (AvgIpc) is 2.64. The van der Waals surface area contributed by atoms with E-state index in [0.717, 1.165) is 17.2 Å². The number of halogens is 3. The zero-order valence-electron chi connectivity index (χ0n) is 15.1. The molecule has 0 spiro atoms. The fourth-order valence-corrected chi connectivity index (χ4v) is 2.78. The molecule has 9 heteroatoms. The quantitative estimate of drug-likeness (QED) is 0.564. The molecule has 0 fully saturated rings. The highest BCUT2D eigenvalue weighted by Crippen LogP contribution is 2.27. The van der Waals surface area contributed by atoms with Crippen molar-refractivity contribution in [2.24, 2.45) is 5.73 Å². The summed E-state index contributed by atoms with van der Waals surface area (Å²) in [5.41, 5.74) is 8.33. The van der Waals surface area contributed by atoms with E-state index >= 15 is 0 Å². The highest BCUT2D eigenvalue weighted by molar-refractivity contribution is 6.30. The molecule has 29 heavy (non-hydrogen) atoms. The van der Waals surface area contributed by atoms with Crippen LogP contribution in [0, 0.1) is 5.82 Å². The van der Waals surface area contributed by atoms with Crippen LogP contribution in [0.15, 0.2) is 54.9 Å². The minimum atomic E-state index is -0.939. The van der Waals surface area contributed by atoms with Crippen LogP contribution in [-0.2, 0) is 11.2 Å². The van der Waals surface area contributed by atoms with E-state index in [1.54, 1.807) is 18.3 Å². The number of hydrogen-bond acceptors (Lipinski definition) is 5. The molecule has 2 heterocycles. The predicted molar refractivity (Wildman–Crippen MR) is 110 cm³/mol. The van der Waals surface area contributed by atoms with Gasteiger partial charge in [-0.3, -0.25) is 9.78 Å². The molecule has 0 aliphatic carbocycles. The molecule has 0 saturated carbocycles. The predicted octanol–water partition coefficient (Wildman–Crippen LogP) is 4.49. The molecular weight excluding hydrogens is 420 g/mol. The number of nitrogens with zero attached hydrogens (tertiary/aromatic N) is 2. The van der Waals surface area contributed by atoms with Crippen LogP contribution in [0.2, 0.25) is 5.02 Å². The van der Waals surface area contributed by atoms with Gasteiger partial charge in [-0.25, -0.2) is 9.37 Å². The molecule has 1 atom stereocenters. The van der Waals surface area contributed by atoms with E-state index in [0.29, 0.717) is 17.9 Å². The largest absolute Gasteiger partial charge is 0.481 e. The number of rotatable bonds is 7. The topological polar surface area (TPSA) is 98.3 Å². The Kier molecular flexibility index (Phi) is 7.90. The Balaban J connectivity index is 0.00000300. The molecular formula is C20H18Cl2FN3O3. The van der Waals surface area contributed by atoms with Gasteiger partial charge in [-0.05, 0) is 41.5 Å². The van der Waals surface area contributed by atoms with Gasteiger partial charge in [0, 0.05) is 30.6 Å². The standard InChI is InChI=1S/C20H17ClFN3O3.ClH/c21-14-8-18(22)20(25-11-14)28-17-3-1-12(2-4-17)13-5-6-24-16(7-13)9-15(23)10-19(26)27;/h1-8,11,15H,9-10,23H2,(H,26,27);1H/t15-;/m1./s1. The lowest BCUT2D eigenvalue weighted by Crippen LogP contribution is -2.26. The molecule has 0 amide bonds. The number of nitrogens with two attached hydrogens (primary N) is 1. The van der Waals surface area contributed by atoms with E-state index in [1.165, 1.54) is 6.20 Å². The first-order chi connectivity index (χ1) is 13.4. The van der Waals surface area contributed by atoms with Crippen molar-refractivity contribution in [3.8, 4) is 22.8 Å². The zero-order valence-corrected chi connectivity index (χ0v) is 16.7. The Morgan fingerprint density at radius 3 is 2.55 bits per heavy atom. The second-order valence-electron chi connectivity index (χ2n) is 6.16. The Bertz CT molecular complexity index is 987. The van der Waals surface area contributed by atoms with Crippen molar-refractivity contribution in [2.75, 3.05) is 0 Å². The monoisotopic (exact) mass is 437 g/mol. The Morgan fingerprint density at radius 1 is 1.17 bits per heavy atom. The first-order valence-corrected chi connectivity index (χ1v) is 8.80. The highest BCUT2D eigenvalue weighted by atomic mass is 35.5. The molecule has 3 aromatic rings. The third-order valence-corrected chi connectivity index (χ3v) is 4.11. The van der Waals surface area contributed by atoms with Crippen LogP contribution in [0.3, 0.4) is 0 Å². The summed E-state index contributed by atoms with van der Waals surface area (Å²) in [6.07, 6.45) is 3.20. The van der Waals surface area contributed by atoms with Crippen molar-refractivity contribution < 1.29 is 19.0 Å². The molecule has 0 aliphatic rings. The number of pyridine rings is 2. The molecule has 0 unspecified atom stereocenters. The zero-order chi connectivity index (χ0) is 20.1. The molecule has 0 bridgehead atoms. The number of carboxylic acid groups (broad SMARTS) is 1. The summed E-state index contributed by atoms with van der Waals surface area (Å²) in [6, 6.07) is 11.4. The van der Waals surface area contributed by atoms with Gasteiger partial charge >= 0.3 is 5.97 Å². The fourth-order valence-electron chi connectivity index (χ4n) is 2.64. The minimum Gasteiger partial charge on any atom is -0.481 e. The summed E-state index contributed by atoms with van der Waals surface area (Å²) in [6.45, 7) is 0. The first kappa shape index (κ1) is 22.5. The van der Waals surface area contributed by atoms with E-state index < -0.39 is 17.8 Å². The van der Waals surface area contributed by atoms with Crippen molar-refractivity contribution in [1.29, 1.82) is 0 Å². The van der Waals surface area contributed by atoms with E-state index in [1.807, 2.05) is 24.3 Å². The molecule has 1 aromatic carbocycles. The maximum Gasteiger partial charge on any atom is 0.304 e. The number of ether oxygens (including phenoxy) is 1. The van der Waals surface area contributed by atoms with Crippen molar-refractivity contribution in [3.63, 3.8) is 0 Å². The van der Waals surface area contributed by atoms with Crippen LogP contribution in [0.4, 0.5) is 4.39 Å². The molecule has 2 aromatic heterocycles. The fraction of sp³-hybridized carbons (Fsp3) is 0.150. The van der Waals surface area contributed by atoms with Gasteiger partial charge in [-0.2, -0.15) is 0 Å². The van der Waals surface area contributed by atoms with Gasteiger partial charge in [0.2, 0.25) is 0 Å². The van der Waals surface area contributed by atoms with E-state index in [-0.39, 0.29) is 29.7 Å². The molecule has 3 rings (SSSR count). The smallest absolute Gasteiger partial charge is 0.304 e. The second kappa shape index (κ2) is 10.2. The van der Waals surface area contributed by atoms with Gasteiger partial charge in [0.05, 0.1) is 11.4 Å². The van der Waals surface area contributed by atoms with Gasteiger partial charge in [0.25, 0.3) is 5.88 Å². The van der Waals surface area contributed by atoms with Gasteiger partial charge in [0.15, 0.2) is 5.82 Å². The van der Waals surface area contributed by atoms with Crippen molar-refractivity contribution in [2.45, 2.75) is 18.9 Å². The van der Waals surface area contributed by atoms with Gasteiger partial charge in [0.1, 0.15) is 5.75 Å². The van der Waals surface area contributed by atoms with Crippen LogP contribution < -0.4 is 10.5 Å². The lowest BCUT2D eigenvalue weighted by molar-refractivity contribution is -0.137. The highest BCUT2D eigenvalue weighted by Gasteiger charge is 2.11. The van der Waals surface area contributed by atoms with Crippen LogP contribution in [0.5, 0.6) is 11.6 Å². The summed E-state index contributed by atoms with van der Waals surface area (Å²) in [4.78, 5) is 18.8. The molecule has 3 N–H and O–H groups in total. The number of aromatic nitrogens is 2. The summed E-state index contributed by atoms with van der Waals surface area (Å²) in [5.74, 6) is -1.31. The number of carboxylic acids is 1. The second-order valence-corrected chi connectivity index (χ2v) is 6.60. The minimum absolute atomic E-state index is 0. The normalized spacial score (nSPS) is 11.4. The van der Waals surface area contributed by atoms with E-state index in [4.69, 9.17) is 27.2 Å². The maximum atomic E-state index is 13.8. The Morgan fingerprint density at radius 2 is 1.90 bits per heavy atom. The van der Waals surface area contributed by atoms with E-state index in [2.05, 4.69) is 9.97 Å². The summed E-state index contributed by atoms with van der Waals surface area (Å²) < 4.78 is 19.2. The summed E-state index contributed by atoms with van der Waals surface area (Å²) >= 11 is 5.68. The third kappa shape index (κ3) is 6.39. The summed E-state index contributed by atoms with van der Waals surface area (Å²) in [5, 5.41) is 9.00. The number of hydrogen-bond donors (Lipinski definition) is 2. The molecule has 0 radical (unpaired) electrons. The van der Waals surface area contributed by atoms with Crippen LogP contribution in [0.25, 0.3) is 11.1 Å². The van der Waals surface area contributed by atoms with Crippen molar-refractivity contribution in [1.82, 2.24) is 9.97 Å². The molecule has 0 aliphatic heterocycles. The average molecular weight is 438 g/mol. The molecule has 152 valence electrons. The lowest BCUT2D eigenvalue weighted by Gasteiger charge is -2.10. The van der Waals surface area contributed by atoms with Gasteiger partial charge < -0.3 is 15.6 Å².